The van der Waals surface area contributed by atoms with E-state index in [0.717, 1.165) is 51.6 Å². The number of hydrogen-bond acceptors (Lipinski definition) is 5. The first-order valence-electron chi connectivity index (χ1n) is 8.17. The van der Waals surface area contributed by atoms with E-state index < -0.39 is 0 Å². The Hall–Kier alpha value is -1.69. The zero-order valence-electron chi connectivity index (χ0n) is 13.7. The van der Waals surface area contributed by atoms with Crippen molar-refractivity contribution in [2.75, 3.05) is 44.2 Å². The fraction of sp³-hybridized carbons (Fsp3) is 0.688. The molecule has 1 amide bonds. The summed E-state index contributed by atoms with van der Waals surface area (Å²) in [4.78, 5) is 24.8. The van der Waals surface area contributed by atoms with Gasteiger partial charge in [-0.15, -0.1) is 0 Å². The molecule has 0 spiro atoms. The summed E-state index contributed by atoms with van der Waals surface area (Å²) >= 11 is 0. The third kappa shape index (κ3) is 5.26. The van der Waals surface area contributed by atoms with Crippen LogP contribution in [0.3, 0.4) is 0 Å². The number of carbonyl (C=O) groups excluding carboxylic acids is 1. The van der Waals surface area contributed by atoms with E-state index in [1.54, 1.807) is 12.4 Å². The Morgan fingerprint density at radius 2 is 1.86 bits per heavy atom. The van der Waals surface area contributed by atoms with Crippen LogP contribution in [-0.4, -0.2) is 60.0 Å². The molecule has 0 atom stereocenters. The lowest BCUT2D eigenvalue weighted by Gasteiger charge is -2.34. The summed E-state index contributed by atoms with van der Waals surface area (Å²) in [5.41, 5.74) is 0. The monoisotopic (exact) mass is 305 g/mol. The summed E-state index contributed by atoms with van der Waals surface area (Å²) in [7, 11) is 0. The first kappa shape index (κ1) is 16.7. The molecule has 1 saturated heterocycles. The summed E-state index contributed by atoms with van der Waals surface area (Å²) in [5, 5.41) is 3.34. The van der Waals surface area contributed by atoms with E-state index in [1.165, 1.54) is 0 Å². The van der Waals surface area contributed by atoms with Crippen molar-refractivity contribution in [1.82, 2.24) is 20.2 Å². The van der Waals surface area contributed by atoms with Gasteiger partial charge in [0.15, 0.2) is 0 Å². The van der Waals surface area contributed by atoms with Crippen LogP contribution in [0.2, 0.25) is 0 Å². The van der Waals surface area contributed by atoms with Gasteiger partial charge in [0.25, 0.3) is 0 Å². The molecule has 1 aliphatic rings. The Morgan fingerprint density at radius 1 is 1.18 bits per heavy atom. The number of aromatic nitrogens is 2. The van der Waals surface area contributed by atoms with Gasteiger partial charge in [-0.2, -0.15) is 0 Å². The second kappa shape index (κ2) is 8.68. The summed E-state index contributed by atoms with van der Waals surface area (Å²) < 4.78 is 0. The van der Waals surface area contributed by atoms with Gasteiger partial charge in [-0.25, -0.2) is 9.97 Å². The van der Waals surface area contributed by atoms with E-state index in [0.29, 0.717) is 12.3 Å². The maximum absolute atomic E-state index is 12.2. The van der Waals surface area contributed by atoms with E-state index in [4.69, 9.17) is 0 Å². The van der Waals surface area contributed by atoms with Crippen LogP contribution in [-0.2, 0) is 4.79 Å². The van der Waals surface area contributed by atoms with Crippen molar-refractivity contribution in [3.8, 4) is 0 Å². The third-order valence-corrected chi connectivity index (χ3v) is 3.88. The fourth-order valence-electron chi connectivity index (χ4n) is 2.48. The molecule has 1 N–H and O–H groups in total. The topological polar surface area (TPSA) is 61.4 Å². The van der Waals surface area contributed by atoms with Gasteiger partial charge in [-0.05, 0) is 24.9 Å². The van der Waals surface area contributed by atoms with Crippen molar-refractivity contribution in [3.05, 3.63) is 18.5 Å². The van der Waals surface area contributed by atoms with Crippen LogP contribution in [0.4, 0.5) is 5.95 Å². The van der Waals surface area contributed by atoms with E-state index in [-0.39, 0.29) is 5.91 Å². The molecule has 1 aromatic rings. The molecule has 1 fully saturated rings. The standard InChI is InChI=1S/C16H27N5O/c1-14(2)4-8-17-9-5-15(22)20-10-12-21(13-11-20)16-18-6-3-7-19-16/h3,6-7,14,17H,4-5,8-13H2,1-2H3. The molecule has 0 aromatic carbocycles. The number of rotatable bonds is 7. The summed E-state index contributed by atoms with van der Waals surface area (Å²) in [6.45, 7) is 9.29. The lowest BCUT2D eigenvalue weighted by Crippen LogP contribution is -2.49. The number of piperazine rings is 1. The lowest BCUT2D eigenvalue weighted by atomic mass is 10.1. The first-order valence-corrected chi connectivity index (χ1v) is 8.17. The Morgan fingerprint density at radius 3 is 2.50 bits per heavy atom. The molecular formula is C16H27N5O. The number of amides is 1. The van der Waals surface area contributed by atoms with Crippen molar-refractivity contribution in [3.63, 3.8) is 0 Å². The smallest absolute Gasteiger partial charge is 0.225 e. The van der Waals surface area contributed by atoms with Crippen molar-refractivity contribution < 1.29 is 4.79 Å². The third-order valence-electron chi connectivity index (χ3n) is 3.88. The highest BCUT2D eigenvalue weighted by molar-refractivity contribution is 5.76. The molecule has 2 rings (SSSR count). The number of carbonyl (C=O) groups is 1. The minimum Gasteiger partial charge on any atom is -0.339 e. The van der Waals surface area contributed by atoms with Crippen LogP contribution in [0, 0.1) is 5.92 Å². The van der Waals surface area contributed by atoms with Gasteiger partial charge >= 0.3 is 0 Å². The maximum atomic E-state index is 12.2. The van der Waals surface area contributed by atoms with Gasteiger partial charge in [-0.1, -0.05) is 13.8 Å². The predicted molar refractivity (Wildman–Crippen MR) is 87.8 cm³/mol. The molecule has 6 nitrogen and oxygen atoms in total. The average molecular weight is 305 g/mol. The highest BCUT2D eigenvalue weighted by Gasteiger charge is 2.21. The fourth-order valence-corrected chi connectivity index (χ4v) is 2.48. The zero-order chi connectivity index (χ0) is 15.8. The van der Waals surface area contributed by atoms with Gasteiger partial charge in [0.2, 0.25) is 11.9 Å². The van der Waals surface area contributed by atoms with Crippen LogP contribution < -0.4 is 10.2 Å². The van der Waals surface area contributed by atoms with Gasteiger partial charge in [0, 0.05) is 51.5 Å². The van der Waals surface area contributed by atoms with Gasteiger partial charge in [0.1, 0.15) is 0 Å². The van der Waals surface area contributed by atoms with Gasteiger partial charge < -0.3 is 15.1 Å². The number of hydrogen-bond donors (Lipinski definition) is 1. The van der Waals surface area contributed by atoms with Crippen LogP contribution >= 0.6 is 0 Å². The largest absolute Gasteiger partial charge is 0.339 e. The van der Waals surface area contributed by atoms with E-state index in [1.807, 2.05) is 11.0 Å². The number of nitrogens with zero attached hydrogens (tertiary/aromatic N) is 4. The molecular weight excluding hydrogens is 278 g/mol. The molecule has 1 aromatic heterocycles. The minimum atomic E-state index is 0.241. The van der Waals surface area contributed by atoms with E-state index in [9.17, 15) is 4.79 Å². The summed E-state index contributed by atoms with van der Waals surface area (Å²) in [5.74, 6) is 1.70. The van der Waals surface area contributed by atoms with Crippen LogP contribution in [0.1, 0.15) is 26.7 Å². The van der Waals surface area contributed by atoms with E-state index >= 15 is 0 Å². The Bertz CT molecular complexity index is 443. The molecule has 2 heterocycles. The maximum Gasteiger partial charge on any atom is 0.225 e. The average Bonchev–Trinajstić information content (AvgIpc) is 2.55. The Labute approximate surface area is 132 Å². The van der Waals surface area contributed by atoms with Crippen LogP contribution in [0.15, 0.2) is 18.5 Å². The molecule has 6 heteroatoms. The SMILES string of the molecule is CC(C)CCNCCC(=O)N1CCN(c2ncccn2)CC1. The van der Waals surface area contributed by atoms with Crippen molar-refractivity contribution in [2.45, 2.75) is 26.7 Å². The molecule has 0 bridgehead atoms. The number of nitrogens with one attached hydrogen (secondary N) is 1. The van der Waals surface area contributed by atoms with Crippen molar-refractivity contribution in [2.24, 2.45) is 5.92 Å². The van der Waals surface area contributed by atoms with Gasteiger partial charge in [-0.3, -0.25) is 4.79 Å². The minimum absolute atomic E-state index is 0.241. The normalized spacial score (nSPS) is 15.4. The van der Waals surface area contributed by atoms with Crippen molar-refractivity contribution >= 4 is 11.9 Å². The predicted octanol–water partition coefficient (Wildman–Crippen LogP) is 1.15. The molecule has 0 aliphatic carbocycles. The first-order chi connectivity index (χ1) is 10.7. The quantitative estimate of drug-likeness (QED) is 0.766. The summed E-state index contributed by atoms with van der Waals surface area (Å²) in [6, 6.07) is 1.82. The van der Waals surface area contributed by atoms with Crippen LogP contribution in [0.25, 0.3) is 0 Å². The Balaban J connectivity index is 1.65. The molecule has 122 valence electrons. The highest BCUT2D eigenvalue weighted by Crippen LogP contribution is 2.10. The zero-order valence-corrected chi connectivity index (χ0v) is 13.7. The molecule has 0 unspecified atom stereocenters. The molecule has 22 heavy (non-hydrogen) atoms. The van der Waals surface area contributed by atoms with Crippen LogP contribution in [0.5, 0.6) is 0 Å². The molecule has 0 radical (unpaired) electrons. The Kier molecular flexibility index (Phi) is 6.58. The lowest BCUT2D eigenvalue weighted by molar-refractivity contribution is -0.131. The molecule has 0 saturated carbocycles. The number of anilines is 1. The van der Waals surface area contributed by atoms with Crippen molar-refractivity contribution in [1.29, 1.82) is 0 Å². The van der Waals surface area contributed by atoms with Gasteiger partial charge in [0.05, 0.1) is 0 Å². The van der Waals surface area contributed by atoms with E-state index in [2.05, 4.69) is 34.0 Å². The summed E-state index contributed by atoms with van der Waals surface area (Å²) in [6.07, 6.45) is 5.25. The molecule has 1 aliphatic heterocycles. The highest BCUT2D eigenvalue weighted by atomic mass is 16.2. The second-order valence-electron chi connectivity index (χ2n) is 6.10. The second-order valence-corrected chi connectivity index (χ2v) is 6.10.